The number of carbonyl (C=O) groups excluding carboxylic acids is 1. The first-order chi connectivity index (χ1) is 12.1. The van der Waals surface area contributed by atoms with Crippen LogP contribution in [-0.4, -0.2) is 40.1 Å². The number of carbonyl (C=O) groups is 1. The molecule has 3 rings (SSSR count). The third-order valence-electron chi connectivity index (χ3n) is 3.64. The highest BCUT2D eigenvalue weighted by molar-refractivity contribution is 5.89. The average Bonchev–Trinajstić information content (AvgIpc) is 3.07. The Hall–Kier alpha value is -3.09. The summed E-state index contributed by atoms with van der Waals surface area (Å²) < 4.78 is 16.1. The van der Waals surface area contributed by atoms with Gasteiger partial charge in [-0.05, 0) is 36.4 Å². The molecule has 1 heterocycles. The topological polar surface area (TPSA) is 72.1 Å². The van der Waals surface area contributed by atoms with Gasteiger partial charge in [0.05, 0.1) is 6.54 Å². The molecule has 0 aliphatic carbocycles. The van der Waals surface area contributed by atoms with E-state index in [0.717, 1.165) is 11.4 Å². The van der Waals surface area contributed by atoms with Crippen LogP contribution in [0.15, 0.2) is 42.5 Å². The van der Waals surface area contributed by atoms with Crippen molar-refractivity contribution in [1.82, 2.24) is 5.32 Å². The quantitative estimate of drug-likeness (QED) is 0.789. The SMILES string of the molecule is CN(C)c1ccc(NC(=O)NCCOc2ccc3c(c2)OCO3)cc1. The number of urea groups is 1. The predicted molar refractivity (Wildman–Crippen MR) is 95.9 cm³/mol. The van der Waals surface area contributed by atoms with Crippen molar-refractivity contribution in [2.24, 2.45) is 0 Å². The average molecular weight is 343 g/mol. The summed E-state index contributed by atoms with van der Waals surface area (Å²) in [7, 11) is 3.94. The largest absolute Gasteiger partial charge is 0.492 e. The van der Waals surface area contributed by atoms with E-state index in [4.69, 9.17) is 14.2 Å². The minimum atomic E-state index is -0.271. The van der Waals surface area contributed by atoms with Crippen LogP contribution in [0.3, 0.4) is 0 Å². The van der Waals surface area contributed by atoms with Crippen LogP contribution in [0.2, 0.25) is 0 Å². The Morgan fingerprint density at radius 1 is 1.12 bits per heavy atom. The minimum absolute atomic E-state index is 0.232. The lowest BCUT2D eigenvalue weighted by molar-refractivity contribution is 0.173. The Bertz CT molecular complexity index is 732. The van der Waals surface area contributed by atoms with Crippen LogP contribution in [0.25, 0.3) is 0 Å². The monoisotopic (exact) mass is 343 g/mol. The van der Waals surface area contributed by atoms with E-state index in [2.05, 4.69) is 10.6 Å². The van der Waals surface area contributed by atoms with Gasteiger partial charge >= 0.3 is 6.03 Å². The summed E-state index contributed by atoms with van der Waals surface area (Å²) in [5, 5.41) is 5.53. The predicted octanol–water partition coefficient (Wildman–Crippen LogP) is 2.68. The van der Waals surface area contributed by atoms with Gasteiger partial charge in [0.2, 0.25) is 6.79 Å². The van der Waals surface area contributed by atoms with E-state index in [-0.39, 0.29) is 12.8 Å². The maximum atomic E-state index is 11.9. The van der Waals surface area contributed by atoms with Gasteiger partial charge in [-0.2, -0.15) is 0 Å². The van der Waals surface area contributed by atoms with Crippen LogP contribution in [0.1, 0.15) is 0 Å². The summed E-state index contributed by atoms with van der Waals surface area (Å²) in [6, 6.07) is 12.7. The third-order valence-corrected chi connectivity index (χ3v) is 3.64. The molecule has 7 nitrogen and oxygen atoms in total. The number of nitrogens with one attached hydrogen (secondary N) is 2. The van der Waals surface area contributed by atoms with Gasteiger partial charge in [0.25, 0.3) is 0 Å². The maximum absolute atomic E-state index is 11.9. The van der Waals surface area contributed by atoms with Crippen molar-refractivity contribution >= 4 is 17.4 Å². The summed E-state index contributed by atoms with van der Waals surface area (Å²) in [5.41, 5.74) is 1.81. The standard InChI is InChI=1S/C18H21N3O4/c1-21(2)14-5-3-13(4-6-14)20-18(22)19-9-10-23-15-7-8-16-17(11-15)25-12-24-16/h3-8,11H,9-10,12H2,1-2H3,(H2,19,20,22). The van der Waals surface area contributed by atoms with E-state index in [9.17, 15) is 4.79 Å². The van der Waals surface area contributed by atoms with Crippen molar-refractivity contribution in [2.75, 3.05) is 44.3 Å². The van der Waals surface area contributed by atoms with Crippen molar-refractivity contribution in [1.29, 1.82) is 0 Å². The lowest BCUT2D eigenvalue weighted by Gasteiger charge is -2.13. The van der Waals surface area contributed by atoms with Crippen molar-refractivity contribution in [3.05, 3.63) is 42.5 Å². The second-order valence-corrected chi connectivity index (χ2v) is 5.69. The number of benzene rings is 2. The van der Waals surface area contributed by atoms with Gasteiger partial charge in [0.1, 0.15) is 12.4 Å². The number of amides is 2. The molecule has 0 spiro atoms. The molecule has 7 heteroatoms. The molecule has 0 atom stereocenters. The molecule has 0 bridgehead atoms. The van der Waals surface area contributed by atoms with Crippen molar-refractivity contribution in [3.8, 4) is 17.2 Å². The fourth-order valence-corrected chi connectivity index (χ4v) is 2.32. The second kappa shape index (κ2) is 7.65. The summed E-state index contributed by atoms with van der Waals surface area (Å²) >= 11 is 0. The Labute approximate surface area is 146 Å². The van der Waals surface area contributed by atoms with E-state index < -0.39 is 0 Å². The zero-order chi connectivity index (χ0) is 17.6. The summed E-state index contributed by atoms with van der Waals surface area (Å²) in [6.07, 6.45) is 0. The Morgan fingerprint density at radius 3 is 2.64 bits per heavy atom. The molecule has 0 unspecified atom stereocenters. The third kappa shape index (κ3) is 4.47. The Morgan fingerprint density at radius 2 is 1.88 bits per heavy atom. The highest BCUT2D eigenvalue weighted by atomic mass is 16.7. The fourth-order valence-electron chi connectivity index (χ4n) is 2.32. The highest BCUT2D eigenvalue weighted by Crippen LogP contribution is 2.34. The maximum Gasteiger partial charge on any atom is 0.319 e. The van der Waals surface area contributed by atoms with E-state index in [1.807, 2.05) is 43.3 Å². The number of ether oxygens (including phenoxy) is 3. The van der Waals surface area contributed by atoms with E-state index >= 15 is 0 Å². The molecule has 0 saturated heterocycles. The molecule has 0 aromatic heterocycles. The smallest absolute Gasteiger partial charge is 0.319 e. The molecule has 0 saturated carbocycles. The zero-order valence-electron chi connectivity index (χ0n) is 14.2. The van der Waals surface area contributed by atoms with E-state index in [1.165, 1.54) is 0 Å². The van der Waals surface area contributed by atoms with Crippen LogP contribution < -0.4 is 29.7 Å². The summed E-state index contributed by atoms with van der Waals surface area (Å²) in [6.45, 7) is 0.971. The van der Waals surface area contributed by atoms with Gasteiger partial charge in [0, 0.05) is 31.5 Å². The summed E-state index contributed by atoms with van der Waals surface area (Å²) in [4.78, 5) is 13.9. The molecule has 25 heavy (non-hydrogen) atoms. The number of anilines is 2. The highest BCUT2D eigenvalue weighted by Gasteiger charge is 2.13. The van der Waals surface area contributed by atoms with E-state index in [0.29, 0.717) is 30.4 Å². The molecule has 1 aliphatic heterocycles. The molecule has 0 radical (unpaired) electrons. The normalized spacial score (nSPS) is 11.8. The van der Waals surface area contributed by atoms with Gasteiger partial charge in [-0.25, -0.2) is 4.79 Å². The van der Waals surface area contributed by atoms with Crippen molar-refractivity contribution in [3.63, 3.8) is 0 Å². The first kappa shape index (κ1) is 16.8. The zero-order valence-corrected chi connectivity index (χ0v) is 14.2. The number of hydrogen-bond acceptors (Lipinski definition) is 5. The molecule has 1 aliphatic rings. The van der Waals surface area contributed by atoms with Crippen LogP contribution in [-0.2, 0) is 0 Å². The lowest BCUT2D eigenvalue weighted by atomic mass is 10.2. The Kier molecular flexibility index (Phi) is 5.13. The molecular formula is C18H21N3O4. The minimum Gasteiger partial charge on any atom is -0.492 e. The molecule has 2 aromatic carbocycles. The van der Waals surface area contributed by atoms with Gasteiger partial charge in [0.15, 0.2) is 11.5 Å². The Balaban J connectivity index is 1.39. The first-order valence-corrected chi connectivity index (χ1v) is 7.96. The molecule has 0 fully saturated rings. The molecule has 2 amide bonds. The lowest BCUT2D eigenvalue weighted by Crippen LogP contribution is -2.32. The number of rotatable bonds is 6. The second-order valence-electron chi connectivity index (χ2n) is 5.69. The van der Waals surface area contributed by atoms with Crippen LogP contribution in [0, 0.1) is 0 Å². The van der Waals surface area contributed by atoms with Crippen LogP contribution in [0.4, 0.5) is 16.2 Å². The van der Waals surface area contributed by atoms with Gasteiger partial charge in [-0.1, -0.05) is 0 Å². The molecule has 132 valence electrons. The first-order valence-electron chi connectivity index (χ1n) is 7.96. The van der Waals surface area contributed by atoms with Crippen LogP contribution in [0.5, 0.6) is 17.2 Å². The van der Waals surface area contributed by atoms with Crippen molar-refractivity contribution < 1.29 is 19.0 Å². The van der Waals surface area contributed by atoms with Gasteiger partial charge in [-0.3, -0.25) is 0 Å². The molecule has 2 aromatic rings. The van der Waals surface area contributed by atoms with Crippen LogP contribution >= 0.6 is 0 Å². The fraction of sp³-hybridized carbons (Fsp3) is 0.278. The van der Waals surface area contributed by atoms with Crippen molar-refractivity contribution in [2.45, 2.75) is 0 Å². The summed E-state index contributed by atoms with van der Waals surface area (Å²) in [5.74, 6) is 2.06. The molecular weight excluding hydrogens is 322 g/mol. The number of fused-ring (bicyclic) bond motifs is 1. The number of nitrogens with zero attached hydrogens (tertiary/aromatic N) is 1. The van der Waals surface area contributed by atoms with E-state index in [1.54, 1.807) is 18.2 Å². The molecule has 2 N–H and O–H groups in total. The number of hydrogen-bond donors (Lipinski definition) is 2. The van der Waals surface area contributed by atoms with Gasteiger partial charge in [-0.15, -0.1) is 0 Å². The van der Waals surface area contributed by atoms with Gasteiger partial charge < -0.3 is 29.7 Å².